The van der Waals surface area contributed by atoms with E-state index in [0.29, 0.717) is 39.5 Å². The molecule has 0 aromatic heterocycles. The Balaban J connectivity index is 2.22. The van der Waals surface area contributed by atoms with Crippen LogP contribution in [0.4, 0.5) is 0 Å². The molecule has 1 aliphatic heterocycles. The predicted molar refractivity (Wildman–Crippen MR) is 58.9 cm³/mol. The lowest BCUT2D eigenvalue weighted by Crippen LogP contribution is -2.42. The van der Waals surface area contributed by atoms with Crippen LogP contribution in [0.15, 0.2) is 0 Å². The van der Waals surface area contributed by atoms with Crippen molar-refractivity contribution in [2.45, 2.75) is 0 Å². The van der Waals surface area contributed by atoms with Crippen molar-refractivity contribution < 1.29 is 22.6 Å². The topological polar surface area (TPSA) is 65.1 Å². The summed E-state index contributed by atoms with van der Waals surface area (Å²) in [5.74, 6) is 0.0245. The second kappa shape index (κ2) is 7.18. The SMILES string of the molecule is COCCOCCS(=O)(=O)N1CCOCC1. The van der Waals surface area contributed by atoms with Gasteiger partial charge in [0.25, 0.3) is 0 Å². The van der Waals surface area contributed by atoms with Crippen LogP contribution < -0.4 is 0 Å². The predicted octanol–water partition coefficient (Wildman–Crippen LogP) is -0.689. The second-order valence-corrected chi connectivity index (χ2v) is 5.52. The van der Waals surface area contributed by atoms with Crippen molar-refractivity contribution in [1.29, 1.82) is 0 Å². The summed E-state index contributed by atoms with van der Waals surface area (Å²) in [5.41, 5.74) is 0. The Morgan fingerprint density at radius 1 is 1.19 bits per heavy atom. The summed E-state index contributed by atoms with van der Waals surface area (Å²) in [6.45, 7) is 2.96. The first-order valence-corrected chi connectivity index (χ1v) is 6.90. The lowest BCUT2D eigenvalue weighted by molar-refractivity contribution is 0.0692. The maximum atomic E-state index is 11.8. The van der Waals surface area contributed by atoms with Crippen LogP contribution in [-0.4, -0.2) is 71.7 Å². The van der Waals surface area contributed by atoms with Gasteiger partial charge >= 0.3 is 0 Å². The second-order valence-electron chi connectivity index (χ2n) is 3.43. The molecule has 0 amide bonds. The monoisotopic (exact) mass is 253 g/mol. The number of ether oxygens (including phenoxy) is 3. The Kier molecular flexibility index (Phi) is 6.22. The fraction of sp³-hybridized carbons (Fsp3) is 1.00. The van der Waals surface area contributed by atoms with Crippen LogP contribution in [-0.2, 0) is 24.2 Å². The molecule has 0 atom stereocenters. The van der Waals surface area contributed by atoms with Gasteiger partial charge in [-0.2, -0.15) is 4.31 Å². The third kappa shape index (κ3) is 4.75. The number of methoxy groups -OCH3 is 1. The summed E-state index contributed by atoms with van der Waals surface area (Å²) in [5, 5.41) is 0. The van der Waals surface area contributed by atoms with Crippen LogP contribution in [0.3, 0.4) is 0 Å². The molecule has 7 heteroatoms. The number of sulfonamides is 1. The van der Waals surface area contributed by atoms with Gasteiger partial charge in [-0.25, -0.2) is 8.42 Å². The molecular weight excluding hydrogens is 234 g/mol. The van der Waals surface area contributed by atoms with Crippen molar-refractivity contribution in [2.24, 2.45) is 0 Å². The van der Waals surface area contributed by atoms with Gasteiger partial charge in [0.2, 0.25) is 10.0 Å². The van der Waals surface area contributed by atoms with E-state index in [4.69, 9.17) is 14.2 Å². The third-order valence-electron chi connectivity index (χ3n) is 2.28. The molecule has 0 N–H and O–H groups in total. The van der Waals surface area contributed by atoms with E-state index in [2.05, 4.69) is 0 Å². The van der Waals surface area contributed by atoms with Crippen molar-refractivity contribution in [2.75, 3.05) is 59.0 Å². The molecule has 6 nitrogen and oxygen atoms in total. The molecule has 0 unspecified atom stereocenters. The Bertz CT molecular complexity index is 274. The largest absolute Gasteiger partial charge is 0.382 e. The van der Waals surface area contributed by atoms with E-state index >= 15 is 0 Å². The van der Waals surface area contributed by atoms with Crippen LogP contribution in [0.1, 0.15) is 0 Å². The Morgan fingerprint density at radius 2 is 1.88 bits per heavy atom. The molecule has 1 fully saturated rings. The van der Waals surface area contributed by atoms with Gasteiger partial charge in [0.1, 0.15) is 0 Å². The van der Waals surface area contributed by atoms with E-state index in [1.807, 2.05) is 0 Å². The van der Waals surface area contributed by atoms with E-state index in [-0.39, 0.29) is 12.4 Å². The molecule has 1 aliphatic rings. The van der Waals surface area contributed by atoms with E-state index < -0.39 is 10.0 Å². The van der Waals surface area contributed by atoms with Gasteiger partial charge < -0.3 is 14.2 Å². The average molecular weight is 253 g/mol. The van der Waals surface area contributed by atoms with Crippen molar-refractivity contribution in [1.82, 2.24) is 4.31 Å². The van der Waals surface area contributed by atoms with E-state index in [9.17, 15) is 8.42 Å². The van der Waals surface area contributed by atoms with Gasteiger partial charge in [0, 0.05) is 20.2 Å². The molecule has 1 heterocycles. The normalized spacial score (nSPS) is 18.8. The molecule has 0 saturated carbocycles. The van der Waals surface area contributed by atoms with Crippen LogP contribution >= 0.6 is 0 Å². The molecule has 1 rings (SSSR count). The third-order valence-corrected chi connectivity index (χ3v) is 4.12. The molecule has 0 aliphatic carbocycles. The highest BCUT2D eigenvalue weighted by Crippen LogP contribution is 2.05. The van der Waals surface area contributed by atoms with Gasteiger partial charge in [-0.3, -0.25) is 0 Å². The van der Waals surface area contributed by atoms with Gasteiger partial charge in [-0.15, -0.1) is 0 Å². The summed E-state index contributed by atoms with van der Waals surface area (Å²) in [6, 6.07) is 0. The number of nitrogens with zero attached hydrogens (tertiary/aromatic N) is 1. The first kappa shape index (κ1) is 13.9. The summed E-state index contributed by atoms with van der Waals surface area (Å²) in [6.07, 6.45) is 0. The zero-order valence-electron chi connectivity index (χ0n) is 9.55. The number of hydrogen-bond acceptors (Lipinski definition) is 5. The highest BCUT2D eigenvalue weighted by Gasteiger charge is 2.23. The molecule has 0 radical (unpaired) electrons. The first-order valence-electron chi connectivity index (χ1n) is 5.29. The van der Waals surface area contributed by atoms with Gasteiger partial charge in [-0.1, -0.05) is 0 Å². The van der Waals surface area contributed by atoms with Crippen LogP contribution in [0.25, 0.3) is 0 Å². The summed E-state index contributed by atoms with van der Waals surface area (Å²) in [7, 11) is -1.61. The van der Waals surface area contributed by atoms with Crippen molar-refractivity contribution in [3.05, 3.63) is 0 Å². The molecule has 0 aromatic carbocycles. The maximum Gasteiger partial charge on any atom is 0.216 e. The molecular formula is C9H19NO5S. The first-order chi connectivity index (χ1) is 7.67. The highest BCUT2D eigenvalue weighted by molar-refractivity contribution is 7.89. The van der Waals surface area contributed by atoms with Crippen LogP contribution in [0, 0.1) is 0 Å². The van der Waals surface area contributed by atoms with E-state index in [1.54, 1.807) is 7.11 Å². The molecule has 0 bridgehead atoms. The molecule has 96 valence electrons. The lowest BCUT2D eigenvalue weighted by atomic mass is 10.5. The van der Waals surface area contributed by atoms with E-state index in [0.717, 1.165) is 0 Å². The number of rotatable bonds is 7. The minimum atomic E-state index is -3.18. The van der Waals surface area contributed by atoms with Crippen molar-refractivity contribution >= 4 is 10.0 Å². The average Bonchev–Trinajstić information content (AvgIpc) is 2.30. The van der Waals surface area contributed by atoms with Crippen molar-refractivity contribution in [3.63, 3.8) is 0 Å². The standard InChI is InChI=1S/C9H19NO5S/c1-13-6-7-15-8-9-16(11,12)10-2-4-14-5-3-10/h2-9H2,1H3. The maximum absolute atomic E-state index is 11.8. The molecule has 0 spiro atoms. The summed E-state index contributed by atoms with van der Waals surface area (Å²) < 4.78 is 40.0. The highest BCUT2D eigenvalue weighted by atomic mass is 32.2. The summed E-state index contributed by atoms with van der Waals surface area (Å²) >= 11 is 0. The van der Waals surface area contributed by atoms with Crippen LogP contribution in [0.5, 0.6) is 0 Å². The quantitative estimate of drug-likeness (QED) is 0.562. The van der Waals surface area contributed by atoms with Crippen molar-refractivity contribution in [3.8, 4) is 0 Å². The zero-order chi connectivity index (χ0) is 11.9. The number of morpholine rings is 1. The zero-order valence-corrected chi connectivity index (χ0v) is 10.4. The summed E-state index contributed by atoms with van der Waals surface area (Å²) in [4.78, 5) is 0. The van der Waals surface area contributed by atoms with Gasteiger partial charge in [-0.05, 0) is 0 Å². The fourth-order valence-electron chi connectivity index (χ4n) is 1.36. The van der Waals surface area contributed by atoms with Gasteiger partial charge in [0.15, 0.2) is 0 Å². The lowest BCUT2D eigenvalue weighted by Gasteiger charge is -2.25. The Labute approximate surface area is 96.5 Å². The smallest absolute Gasteiger partial charge is 0.216 e. The van der Waals surface area contributed by atoms with Crippen LogP contribution in [0.2, 0.25) is 0 Å². The fourth-order valence-corrected chi connectivity index (χ4v) is 2.65. The molecule has 0 aromatic rings. The minimum Gasteiger partial charge on any atom is -0.382 e. The minimum absolute atomic E-state index is 0.0245. The molecule has 1 saturated heterocycles. The molecule has 16 heavy (non-hydrogen) atoms. The Morgan fingerprint density at radius 3 is 2.50 bits per heavy atom. The Hall–Kier alpha value is -0.210. The van der Waals surface area contributed by atoms with Gasteiger partial charge in [0.05, 0.1) is 38.8 Å². The van der Waals surface area contributed by atoms with E-state index in [1.165, 1.54) is 4.31 Å². The number of hydrogen-bond donors (Lipinski definition) is 0.